The van der Waals surface area contributed by atoms with Gasteiger partial charge in [-0.3, -0.25) is 15.1 Å². The topological polar surface area (TPSA) is 75.1 Å². The number of amides is 1. The third-order valence-corrected chi connectivity index (χ3v) is 3.24. The number of pyridine rings is 1. The minimum atomic E-state index is -0.268. The highest BCUT2D eigenvalue weighted by atomic mass is 32.1. The first kappa shape index (κ1) is 14.2. The van der Waals surface area contributed by atoms with Gasteiger partial charge in [0, 0.05) is 24.2 Å². The van der Waals surface area contributed by atoms with Crippen molar-refractivity contribution in [3.63, 3.8) is 0 Å². The van der Waals surface area contributed by atoms with Crippen LogP contribution >= 0.6 is 11.3 Å². The van der Waals surface area contributed by atoms with E-state index in [1.54, 1.807) is 12.3 Å². The fourth-order valence-electron chi connectivity index (χ4n) is 1.48. The number of aliphatic hydroxyl groups excluding tert-OH is 1. The zero-order valence-electron chi connectivity index (χ0n) is 10.9. The summed E-state index contributed by atoms with van der Waals surface area (Å²) in [7, 11) is 0. The van der Waals surface area contributed by atoms with Gasteiger partial charge in [0.2, 0.25) is 0 Å². The lowest BCUT2D eigenvalue weighted by molar-refractivity contribution is 0.102. The van der Waals surface area contributed by atoms with Crippen molar-refractivity contribution in [1.82, 2.24) is 9.97 Å². The number of aryl methyl sites for hydroxylation is 1. The Bertz CT molecular complexity index is 670. The molecule has 0 aliphatic carbocycles. The molecule has 5 nitrogen and oxygen atoms in total. The van der Waals surface area contributed by atoms with Gasteiger partial charge in [0.05, 0.1) is 23.4 Å². The monoisotopic (exact) mass is 287 g/mol. The fraction of sp³-hybridized carbons (Fsp3) is 0.214. The SMILES string of the molecule is Cc1csc(NC(=O)c2ccncc2C#CCCO)n1. The number of aliphatic hydroxyl groups is 1. The molecule has 2 N–H and O–H groups in total. The molecule has 0 aliphatic rings. The Morgan fingerprint density at radius 1 is 1.55 bits per heavy atom. The molecule has 20 heavy (non-hydrogen) atoms. The Balaban J connectivity index is 2.19. The molecule has 0 spiro atoms. The number of carbonyl (C=O) groups is 1. The Morgan fingerprint density at radius 3 is 3.10 bits per heavy atom. The smallest absolute Gasteiger partial charge is 0.258 e. The van der Waals surface area contributed by atoms with E-state index in [0.29, 0.717) is 22.7 Å². The molecular weight excluding hydrogens is 274 g/mol. The van der Waals surface area contributed by atoms with Crippen molar-refractivity contribution in [2.75, 3.05) is 11.9 Å². The highest BCUT2D eigenvalue weighted by molar-refractivity contribution is 7.13. The Labute approximate surface area is 120 Å². The number of aromatic nitrogens is 2. The summed E-state index contributed by atoms with van der Waals surface area (Å²) >= 11 is 1.37. The second kappa shape index (κ2) is 6.80. The first-order valence-electron chi connectivity index (χ1n) is 5.98. The standard InChI is InChI=1S/C14H13N3O2S/c1-10-9-20-14(16-10)17-13(19)12-5-6-15-8-11(12)4-2-3-7-18/h5-6,8-9,18H,3,7H2,1H3,(H,16,17,19). The van der Waals surface area contributed by atoms with E-state index in [0.717, 1.165) is 5.69 Å². The molecule has 0 saturated heterocycles. The van der Waals surface area contributed by atoms with Gasteiger partial charge in [-0.2, -0.15) is 0 Å². The molecule has 102 valence electrons. The maximum Gasteiger partial charge on any atom is 0.258 e. The van der Waals surface area contributed by atoms with Crippen LogP contribution < -0.4 is 5.32 Å². The average molecular weight is 287 g/mol. The lowest BCUT2D eigenvalue weighted by atomic mass is 10.1. The van der Waals surface area contributed by atoms with E-state index >= 15 is 0 Å². The lowest BCUT2D eigenvalue weighted by Gasteiger charge is -2.03. The molecule has 0 bridgehead atoms. The van der Waals surface area contributed by atoms with Crippen molar-refractivity contribution < 1.29 is 9.90 Å². The quantitative estimate of drug-likeness (QED) is 0.845. The third-order valence-electron chi connectivity index (χ3n) is 2.37. The van der Waals surface area contributed by atoms with E-state index in [1.165, 1.54) is 17.5 Å². The number of nitrogens with zero attached hydrogens (tertiary/aromatic N) is 2. The van der Waals surface area contributed by atoms with Crippen LogP contribution in [-0.4, -0.2) is 27.6 Å². The second-order valence-electron chi connectivity index (χ2n) is 3.94. The van der Waals surface area contributed by atoms with Crippen LogP contribution in [0.15, 0.2) is 23.8 Å². The van der Waals surface area contributed by atoms with Crippen LogP contribution in [0.2, 0.25) is 0 Å². The Kier molecular flexibility index (Phi) is 4.82. The van der Waals surface area contributed by atoms with E-state index in [2.05, 4.69) is 27.1 Å². The average Bonchev–Trinajstić information content (AvgIpc) is 2.85. The van der Waals surface area contributed by atoms with Gasteiger partial charge < -0.3 is 5.11 Å². The van der Waals surface area contributed by atoms with Crippen molar-refractivity contribution in [2.45, 2.75) is 13.3 Å². The molecule has 0 radical (unpaired) electrons. The van der Waals surface area contributed by atoms with Crippen LogP contribution in [0.25, 0.3) is 0 Å². The number of thiazole rings is 1. The number of hydrogen-bond donors (Lipinski definition) is 2. The molecule has 2 heterocycles. The first-order chi connectivity index (χ1) is 9.70. The molecule has 0 unspecified atom stereocenters. The van der Waals surface area contributed by atoms with Crippen LogP contribution in [0.4, 0.5) is 5.13 Å². The molecule has 2 rings (SSSR count). The Hall–Kier alpha value is -2.23. The van der Waals surface area contributed by atoms with Crippen molar-refractivity contribution in [1.29, 1.82) is 0 Å². The molecule has 6 heteroatoms. The maximum absolute atomic E-state index is 12.2. The minimum Gasteiger partial charge on any atom is -0.395 e. The van der Waals surface area contributed by atoms with Gasteiger partial charge in [-0.25, -0.2) is 4.98 Å². The van der Waals surface area contributed by atoms with Crippen molar-refractivity contribution in [3.8, 4) is 11.8 Å². The first-order valence-corrected chi connectivity index (χ1v) is 6.86. The molecule has 0 aliphatic heterocycles. The normalized spacial score (nSPS) is 9.70. The van der Waals surface area contributed by atoms with Crippen LogP contribution in [0.1, 0.15) is 28.0 Å². The number of anilines is 1. The summed E-state index contributed by atoms with van der Waals surface area (Å²) in [6.45, 7) is 1.86. The summed E-state index contributed by atoms with van der Waals surface area (Å²) in [5, 5.41) is 13.9. The molecule has 0 atom stereocenters. The van der Waals surface area contributed by atoms with Gasteiger partial charge in [-0.05, 0) is 13.0 Å². The molecule has 1 amide bonds. The van der Waals surface area contributed by atoms with E-state index < -0.39 is 0 Å². The van der Waals surface area contributed by atoms with Gasteiger partial charge in [-0.1, -0.05) is 11.8 Å². The van der Waals surface area contributed by atoms with Gasteiger partial charge in [0.25, 0.3) is 5.91 Å². The maximum atomic E-state index is 12.2. The number of carbonyl (C=O) groups excluding carboxylic acids is 1. The van der Waals surface area contributed by atoms with Gasteiger partial charge in [-0.15, -0.1) is 11.3 Å². The summed E-state index contributed by atoms with van der Waals surface area (Å²) < 4.78 is 0. The molecule has 0 aromatic carbocycles. The predicted molar refractivity (Wildman–Crippen MR) is 77.6 cm³/mol. The van der Waals surface area contributed by atoms with Crippen LogP contribution in [0, 0.1) is 18.8 Å². The molecule has 0 saturated carbocycles. The molecule has 2 aromatic rings. The van der Waals surface area contributed by atoms with Crippen LogP contribution in [0.5, 0.6) is 0 Å². The fourth-order valence-corrected chi connectivity index (χ4v) is 2.16. The van der Waals surface area contributed by atoms with E-state index in [9.17, 15) is 4.79 Å². The zero-order chi connectivity index (χ0) is 14.4. The molecule has 2 aromatic heterocycles. The van der Waals surface area contributed by atoms with Gasteiger partial charge in [0.1, 0.15) is 0 Å². The summed E-state index contributed by atoms with van der Waals surface area (Å²) in [5.41, 5.74) is 1.84. The third kappa shape index (κ3) is 3.63. The second-order valence-corrected chi connectivity index (χ2v) is 4.80. The number of hydrogen-bond acceptors (Lipinski definition) is 5. The van der Waals surface area contributed by atoms with Crippen LogP contribution in [0.3, 0.4) is 0 Å². The van der Waals surface area contributed by atoms with Crippen molar-refractivity contribution in [2.24, 2.45) is 0 Å². The molecular formula is C14H13N3O2S. The number of nitrogens with one attached hydrogen (secondary N) is 1. The summed E-state index contributed by atoms with van der Waals surface area (Å²) in [6, 6.07) is 1.61. The highest BCUT2D eigenvalue weighted by Crippen LogP contribution is 2.16. The minimum absolute atomic E-state index is 0.00676. The van der Waals surface area contributed by atoms with Gasteiger partial charge in [0.15, 0.2) is 5.13 Å². The van der Waals surface area contributed by atoms with Crippen molar-refractivity contribution >= 4 is 22.4 Å². The summed E-state index contributed by atoms with van der Waals surface area (Å²) in [5.74, 6) is 5.35. The Morgan fingerprint density at radius 2 is 2.40 bits per heavy atom. The lowest BCUT2D eigenvalue weighted by Crippen LogP contribution is -2.13. The largest absolute Gasteiger partial charge is 0.395 e. The van der Waals surface area contributed by atoms with Gasteiger partial charge >= 0.3 is 0 Å². The number of rotatable bonds is 3. The predicted octanol–water partition coefficient (Wildman–Crippen LogP) is 1.83. The highest BCUT2D eigenvalue weighted by Gasteiger charge is 2.11. The van der Waals surface area contributed by atoms with E-state index in [1.807, 2.05) is 12.3 Å². The summed E-state index contributed by atoms with van der Waals surface area (Å²) in [4.78, 5) is 20.3. The summed E-state index contributed by atoms with van der Waals surface area (Å²) in [6.07, 6.45) is 3.44. The van der Waals surface area contributed by atoms with E-state index in [-0.39, 0.29) is 12.5 Å². The van der Waals surface area contributed by atoms with E-state index in [4.69, 9.17) is 5.11 Å². The van der Waals surface area contributed by atoms with Crippen LogP contribution in [-0.2, 0) is 0 Å². The molecule has 0 fully saturated rings. The van der Waals surface area contributed by atoms with Crippen molar-refractivity contribution in [3.05, 3.63) is 40.7 Å². The zero-order valence-corrected chi connectivity index (χ0v) is 11.7.